The molecular formula is C26H16O4. The molecule has 0 heterocycles. The first kappa shape index (κ1) is 18.1. The summed E-state index contributed by atoms with van der Waals surface area (Å²) in [4.78, 5) is 52.4. The van der Waals surface area contributed by atoms with Crippen LogP contribution in [0.3, 0.4) is 0 Å². The van der Waals surface area contributed by atoms with E-state index in [0.717, 1.165) is 0 Å². The highest BCUT2D eigenvalue weighted by Gasteiger charge is 2.44. The Kier molecular flexibility index (Phi) is 4.14. The molecule has 0 N–H and O–H groups in total. The van der Waals surface area contributed by atoms with Gasteiger partial charge in [0.1, 0.15) is 0 Å². The Labute approximate surface area is 172 Å². The molecule has 30 heavy (non-hydrogen) atoms. The van der Waals surface area contributed by atoms with Crippen LogP contribution in [0.2, 0.25) is 0 Å². The molecule has 2 aliphatic carbocycles. The molecule has 144 valence electrons. The van der Waals surface area contributed by atoms with Crippen LogP contribution >= 0.6 is 0 Å². The molecule has 0 fully saturated rings. The summed E-state index contributed by atoms with van der Waals surface area (Å²) >= 11 is 0. The van der Waals surface area contributed by atoms with E-state index < -0.39 is 5.92 Å². The number of carbonyl (C=O) groups is 4. The number of carbonyl (C=O) groups excluding carboxylic acids is 4. The summed E-state index contributed by atoms with van der Waals surface area (Å²) in [5.74, 6) is -2.05. The Hall–Kier alpha value is -3.92. The van der Waals surface area contributed by atoms with E-state index in [2.05, 4.69) is 0 Å². The molecule has 0 aromatic heterocycles. The van der Waals surface area contributed by atoms with E-state index in [1.165, 1.54) is 0 Å². The number of benzene rings is 3. The topological polar surface area (TPSA) is 68.3 Å². The van der Waals surface area contributed by atoms with Crippen molar-refractivity contribution in [3.05, 3.63) is 112 Å². The summed E-state index contributed by atoms with van der Waals surface area (Å²) < 4.78 is 0. The van der Waals surface area contributed by atoms with Crippen LogP contribution in [0.1, 0.15) is 53.4 Å². The molecule has 1 atom stereocenters. The highest BCUT2D eigenvalue weighted by molar-refractivity contribution is 6.43. The average Bonchev–Trinajstić information content (AvgIpc) is 3.20. The third kappa shape index (κ3) is 2.61. The summed E-state index contributed by atoms with van der Waals surface area (Å²) in [6, 6.07) is 22.3. The Bertz CT molecular complexity index is 1240. The Balaban J connectivity index is 1.67. The molecule has 4 nitrogen and oxygen atoms in total. The maximum Gasteiger partial charge on any atom is 0.198 e. The maximum atomic E-state index is 13.2. The molecule has 2 aliphatic rings. The smallest absolute Gasteiger partial charge is 0.198 e. The molecule has 0 amide bonds. The van der Waals surface area contributed by atoms with Crippen molar-refractivity contribution in [1.82, 2.24) is 0 Å². The number of hydrogen-bond donors (Lipinski definition) is 0. The predicted octanol–water partition coefficient (Wildman–Crippen LogP) is 4.60. The lowest BCUT2D eigenvalue weighted by Crippen LogP contribution is -2.17. The fourth-order valence-electron chi connectivity index (χ4n) is 4.37. The molecule has 0 radical (unpaired) electrons. The van der Waals surface area contributed by atoms with Gasteiger partial charge in [-0.05, 0) is 11.1 Å². The van der Waals surface area contributed by atoms with Crippen LogP contribution in [0.4, 0.5) is 0 Å². The van der Waals surface area contributed by atoms with E-state index in [4.69, 9.17) is 0 Å². The number of Topliss-reactive ketones (excluding diaryl/α,β-unsaturated/α-hetero) is 4. The zero-order valence-electron chi connectivity index (χ0n) is 15.9. The Morgan fingerprint density at radius 3 is 1.73 bits per heavy atom. The largest absolute Gasteiger partial charge is 0.294 e. The standard InChI is InChI=1S/C26H16O4/c27-21(15-8-2-1-3-9-15)14-20-22(16-10-4-5-11-17(16)24(20)28)23-25(29)18-12-6-7-13-19(18)26(23)30/h1-13,20H,14H2/t20-/m1/s1. The fraction of sp³-hybridized carbons (Fsp3) is 0.0769. The quantitative estimate of drug-likeness (QED) is 0.371. The van der Waals surface area contributed by atoms with Crippen molar-refractivity contribution in [1.29, 1.82) is 0 Å². The van der Waals surface area contributed by atoms with Crippen molar-refractivity contribution in [3.8, 4) is 0 Å². The molecule has 3 aromatic rings. The van der Waals surface area contributed by atoms with Crippen molar-refractivity contribution < 1.29 is 19.2 Å². The lowest BCUT2D eigenvalue weighted by Gasteiger charge is -2.13. The second kappa shape index (κ2) is 6.85. The number of rotatable bonds is 3. The molecule has 0 unspecified atom stereocenters. The van der Waals surface area contributed by atoms with Crippen LogP contribution in [-0.4, -0.2) is 23.1 Å². The zero-order valence-corrected chi connectivity index (χ0v) is 15.9. The van der Waals surface area contributed by atoms with Gasteiger partial charge in [-0.15, -0.1) is 0 Å². The lowest BCUT2D eigenvalue weighted by molar-refractivity contribution is 0.0889. The van der Waals surface area contributed by atoms with E-state index in [0.29, 0.717) is 33.4 Å². The third-order valence-corrected chi connectivity index (χ3v) is 5.77. The van der Waals surface area contributed by atoms with Gasteiger partial charge in [0, 0.05) is 28.7 Å². The number of ketones is 4. The second-order valence-electron chi connectivity index (χ2n) is 7.45. The van der Waals surface area contributed by atoms with Gasteiger partial charge in [-0.25, -0.2) is 0 Å². The van der Waals surface area contributed by atoms with Gasteiger partial charge in [0.25, 0.3) is 0 Å². The first-order valence-corrected chi connectivity index (χ1v) is 9.72. The van der Waals surface area contributed by atoms with Gasteiger partial charge in [0.05, 0.1) is 11.5 Å². The van der Waals surface area contributed by atoms with Gasteiger partial charge >= 0.3 is 0 Å². The SMILES string of the molecule is O=C(C[C@H]1C(=O)c2ccccc2C1=C1C(=O)c2ccccc2C1=O)c1ccccc1. The zero-order chi connectivity index (χ0) is 20.8. The van der Waals surface area contributed by atoms with Crippen molar-refractivity contribution >= 4 is 28.7 Å². The van der Waals surface area contributed by atoms with Gasteiger partial charge in [0.2, 0.25) is 0 Å². The van der Waals surface area contributed by atoms with Crippen molar-refractivity contribution in [2.24, 2.45) is 5.92 Å². The lowest BCUT2D eigenvalue weighted by atomic mass is 9.87. The monoisotopic (exact) mass is 392 g/mol. The minimum atomic E-state index is -0.854. The first-order valence-electron chi connectivity index (χ1n) is 9.72. The number of allylic oxidation sites excluding steroid dienone is 2. The van der Waals surface area contributed by atoms with E-state index in [-0.39, 0.29) is 35.1 Å². The summed E-state index contributed by atoms with van der Waals surface area (Å²) in [5.41, 5.74) is 2.59. The normalized spacial score (nSPS) is 17.3. The van der Waals surface area contributed by atoms with Gasteiger partial charge in [-0.3, -0.25) is 19.2 Å². The van der Waals surface area contributed by atoms with Gasteiger partial charge in [-0.1, -0.05) is 78.9 Å². The van der Waals surface area contributed by atoms with Gasteiger partial charge in [0.15, 0.2) is 23.1 Å². The third-order valence-electron chi connectivity index (χ3n) is 5.77. The molecule has 5 rings (SSSR count). The van der Waals surface area contributed by atoms with Crippen LogP contribution < -0.4 is 0 Å². The first-order chi connectivity index (χ1) is 14.6. The predicted molar refractivity (Wildman–Crippen MR) is 112 cm³/mol. The molecule has 0 spiro atoms. The molecule has 0 bridgehead atoms. The van der Waals surface area contributed by atoms with Gasteiger partial charge in [-0.2, -0.15) is 0 Å². The van der Waals surface area contributed by atoms with E-state index >= 15 is 0 Å². The Morgan fingerprint density at radius 2 is 1.13 bits per heavy atom. The number of fused-ring (bicyclic) bond motifs is 2. The summed E-state index contributed by atoms with van der Waals surface area (Å²) in [6.07, 6.45) is -0.0900. The average molecular weight is 392 g/mol. The van der Waals surface area contributed by atoms with Crippen LogP contribution in [-0.2, 0) is 0 Å². The minimum Gasteiger partial charge on any atom is -0.294 e. The molecular weight excluding hydrogens is 376 g/mol. The summed E-state index contributed by atoms with van der Waals surface area (Å²) in [7, 11) is 0. The highest BCUT2D eigenvalue weighted by Crippen LogP contribution is 2.44. The van der Waals surface area contributed by atoms with E-state index in [9.17, 15) is 19.2 Å². The maximum absolute atomic E-state index is 13.2. The Morgan fingerprint density at radius 1 is 0.633 bits per heavy atom. The molecule has 4 heteroatoms. The van der Waals surface area contributed by atoms with E-state index in [1.54, 1.807) is 72.8 Å². The molecule has 0 aliphatic heterocycles. The number of hydrogen-bond acceptors (Lipinski definition) is 4. The highest BCUT2D eigenvalue weighted by atomic mass is 16.2. The summed E-state index contributed by atoms with van der Waals surface area (Å²) in [5, 5.41) is 0. The van der Waals surface area contributed by atoms with Crippen LogP contribution in [0.15, 0.2) is 84.4 Å². The van der Waals surface area contributed by atoms with Crippen LogP contribution in [0.5, 0.6) is 0 Å². The van der Waals surface area contributed by atoms with Crippen molar-refractivity contribution in [2.45, 2.75) is 6.42 Å². The fourth-order valence-corrected chi connectivity index (χ4v) is 4.37. The molecule has 3 aromatic carbocycles. The van der Waals surface area contributed by atoms with Crippen molar-refractivity contribution in [2.75, 3.05) is 0 Å². The molecule has 0 saturated carbocycles. The van der Waals surface area contributed by atoms with E-state index in [1.807, 2.05) is 6.07 Å². The summed E-state index contributed by atoms with van der Waals surface area (Å²) in [6.45, 7) is 0. The second-order valence-corrected chi connectivity index (χ2v) is 7.45. The van der Waals surface area contributed by atoms with Crippen LogP contribution in [0, 0.1) is 5.92 Å². The minimum absolute atomic E-state index is 0.0142. The van der Waals surface area contributed by atoms with Crippen LogP contribution in [0.25, 0.3) is 5.57 Å². The molecule has 0 saturated heterocycles. The van der Waals surface area contributed by atoms with Gasteiger partial charge < -0.3 is 0 Å². The van der Waals surface area contributed by atoms with Crippen molar-refractivity contribution in [3.63, 3.8) is 0 Å².